The molecule has 0 amide bonds. The Morgan fingerprint density at radius 1 is 1.36 bits per heavy atom. The number of ether oxygens (including phenoxy) is 1. The zero-order valence-electron chi connectivity index (χ0n) is 12.0. The molecule has 0 saturated carbocycles. The highest BCUT2D eigenvalue weighted by molar-refractivity contribution is 7.88. The monoisotopic (exact) mass is 329 g/mol. The number of nitro benzene ring substituents is 1. The average Bonchev–Trinajstić information content (AvgIpc) is 2.45. The van der Waals surface area contributed by atoms with Crippen LogP contribution in [-0.4, -0.2) is 33.1 Å². The Balaban J connectivity index is 2.11. The van der Waals surface area contributed by atoms with Gasteiger partial charge in [-0.2, -0.15) is 0 Å². The summed E-state index contributed by atoms with van der Waals surface area (Å²) in [6.07, 6.45) is 1.84. The summed E-state index contributed by atoms with van der Waals surface area (Å²) in [6, 6.07) is 4.30. The first-order valence-corrected chi connectivity index (χ1v) is 8.66. The minimum atomic E-state index is -3.72. The van der Waals surface area contributed by atoms with Gasteiger partial charge in [0.25, 0.3) is 5.69 Å². The van der Waals surface area contributed by atoms with Crippen molar-refractivity contribution in [3.63, 3.8) is 0 Å². The molecule has 2 rings (SSSR count). The van der Waals surface area contributed by atoms with Crippen molar-refractivity contribution in [3.05, 3.63) is 33.9 Å². The van der Waals surface area contributed by atoms with Crippen LogP contribution in [0.5, 0.6) is 0 Å². The number of primary sulfonamides is 1. The van der Waals surface area contributed by atoms with E-state index in [0.29, 0.717) is 36.9 Å². The third-order valence-corrected chi connectivity index (χ3v) is 4.28. The van der Waals surface area contributed by atoms with Gasteiger partial charge in [0.05, 0.1) is 10.7 Å². The third-order valence-electron chi connectivity index (χ3n) is 3.55. The molecule has 9 heteroatoms. The van der Waals surface area contributed by atoms with Crippen LogP contribution in [-0.2, 0) is 20.5 Å². The molecule has 122 valence electrons. The lowest BCUT2D eigenvalue weighted by molar-refractivity contribution is -0.384. The van der Waals surface area contributed by atoms with E-state index in [2.05, 4.69) is 5.32 Å². The molecule has 0 unspecified atom stereocenters. The Hall–Kier alpha value is -1.71. The summed E-state index contributed by atoms with van der Waals surface area (Å²) in [5.41, 5.74) is 0.536. The quantitative estimate of drug-likeness (QED) is 0.597. The molecule has 1 aromatic carbocycles. The van der Waals surface area contributed by atoms with Gasteiger partial charge in [-0.05, 0) is 30.4 Å². The van der Waals surface area contributed by atoms with E-state index in [1.807, 2.05) is 0 Å². The topological polar surface area (TPSA) is 125 Å². The van der Waals surface area contributed by atoms with Crippen molar-refractivity contribution in [1.29, 1.82) is 0 Å². The van der Waals surface area contributed by atoms with Crippen LogP contribution in [0.4, 0.5) is 11.4 Å². The number of nitrogens with two attached hydrogens (primary N) is 1. The summed E-state index contributed by atoms with van der Waals surface area (Å²) in [5.74, 6) is -0.00823. The number of nitrogens with one attached hydrogen (secondary N) is 1. The van der Waals surface area contributed by atoms with Gasteiger partial charge in [0, 0.05) is 25.8 Å². The van der Waals surface area contributed by atoms with Gasteiger partial charge in [0.2, 0.25) is 10.0 Å². The van der Waals surface area contributed by atoms with Crippen LogP contribution in [0.3, 0.4) is 0 Å². The highest BCUT2D eigenvalue weighted by atomic mass is 32.2. The van der Waals surface area contributed by atoms with Gasteiger partial charge >= 0.3 is 0 Å². The zero-order chi connectivity index (χ0) is 16.2. The van der Waals surface area contributed by atoms with Crippen LogP contribution >= 0.6 is 0 Å². The van der Waals surface area contributed by atoms with Gasteiger partial charge < -0.3 is 10.1 Å². The standard InChI is InChI=1S/C13H19N3O5S/c14-22(19,20)9-11-1-2-12(13(7-11)16(17)18)15-8-10-3-5-21-6-4-10/h1-2,7,10,15H,3-6,8-9H2,(H2,14,19,20). The van der Waals surface area contributed by atoms with Gasteiger partial charge in [0.1, 0.15) is 5.69 Å². The number of anilines is 1. The van der Waals surface area contributed by atoms with E-state index in [9.17, 15) is 18.5 Å². The second kappa shape index (κ2) is 7.03. The van der Waals surface area contributed by atoms with Crippen LogP contribution in [0.2, 0.25) is 0 Å². The van der Waals surface area contributed by atoms with Crippen molar-refractivity contribution in [2.24, 2.45) is 11.1 Å². The highest BCUT2D eigenvalue weighted by Gasteiger charge is 2.19. The fourth-order valence-corrected chi connectivity index (χ4v) is 3.05. The Bertz CT molecular complexity index is 641. The minimum Gasteiger partial charge on any atom is -0.381 e. The maximum atomic E-state index is 11.2. The van der Waals surface area contributed by atoms with E-state index in [1.54, 1.807) is 0 Å². The summed E-state index contributed by atoms with van der Waals surface area (Å²) in [6.45, 7) is 2.04. The number of sulfonamides is 1. The summed E-state index contributed by atoms with van der Waals surface area (Å²) in [7, 11) is -3.72. The fourth-order valence-electron chi connectivity index (χ4n) is 2.40. The molecular formula is C13H19N3O5S. The van der Waals surface area contributed by atoms with Crippen LogP contribution in [0.15, 0.2) is 18.2 Å². The molecule has 1 aliphatic rings. The van der Waals surface area contributed by atoms with Gasteiger partial charge in [-0.25, -0.2) is 13.6 Å². The molecule has 1 heterocycles. The van der Waals surface area contributed by atoms with Crippen molar-refractivity contribution in [2.45, 2.75) is 18.6 Å². The van der Waals surface area contributed by atoms with Gasteiger partial charge in [-0.3, -0.25) is 10.1 Å². The molecule has 1 fully saturated rings. The first-order chi connectivity index (χ1) is 10.3. The Morgan fingerprint density at radius 3 is 2.64 bits per heavy atom. The van der Waals surface area contributed by atoms with E-state index in [0.717, 1.165) is 12.8 Å². The minimum absolute atomic E-state index is 0.145. The lowest BCUT2D eigenvalue weighted by atomic mass is 10.0. The smallest absolute Gasteiger partial charge is 0.292 e. The molecule has 22 heavy (non-hydrogen) atoms. The van der Waals surface area contributed by atoms with Crippen molar-refractivity contribution < 1.29 is 18.1 Å². The molecular weight excluding hydrogens is 310 g/mol. The predicted octanol–water partition coefficient (Wildman–Crippen LogP) is 1.22. The number of rotatable bonds is 6. The second-order valence-corrected chi connectivity index (χ2v) is 6.97. The van der Waals surface area contributed by atoms with Gasteiger partial charge in [0.15, 0.2) is 0 Å². The number of hydrogen-bond acceptors (Lipinski definition) is 6. The zero-order valence-corrected chi connectivity index (χ0v) is 12.8. The summed E-state index contributed by atoms with van der Waals surface area (Å²) in [5, 5.41) is 19.2. The molecule has 0 aliphatic carbocycles. The first-order valence-electron chi connectivity index (χ1n) is 6.94. The number of hydrogen-bond donors (Lipinski definition) is 2. The Kier molecular flexibility index (Phi) is 5.33. The van der Waals surface area contributed by atoms with Crippen molar-refractivity contribution in [3.8, 4) is 0 Å². The molecule has 0 spiro atoms. The summed E-state index contributed by atoms with van der Waals surface area (Å²) in [4.78, 5) is 10.6. The molecule has 0 bridgehead atoms. The summed E-state index contributed by atoms with van der Waals surface area (Å²) >= 11 is 0. The normalized spacial score (nSPS) is 16.4. The largest absolute Gasteiger partial charge is 0.381 e. The first kappa shape index (κ1) is 16.7. The lowest BCUT2D eigenvalue weighted by Crippen LogP contribution is -2.23. The average molecular weight is 329 g/mol. The maximum absolute atomic E-state index is 11.2. The highest BCUT2D eigenvalue weighted by Crippen LogP contribution is 2.27. The fraction of sp³-hybridized carbons (Fsp3) is 0.538. The molecule has 0 aromatic heterocycles. The van der Waals surface area contributed by atoms with Crippen molar-refractivity contribution in [2.75, 3.05) is 25.1 Å². The number of benzene rings is 1. The maximum Gasteiger partial charge on any atom is 0.292 e. The second-order valence-electron chi connectivity index (χ2n) is 5.35. The van der Waals surface area contributed by atoms with Crippen LogP contribution < -0.4 is 10.5 Å². The van der Waals surface area contributed by atoms with Crippen LogP contribution in [0.1, 0.15) is 18.4 Å². The lowest BCUT2D eigenvalue weighted by Gasteiger charge is -2.22. The van der Waals surface area contributed by atoms with Gasteiger partial charge in [-0.1, -0.05) is 6.07 Å². The Labute approximate surface area is 128 Å². The summed E-state index contributed by atoms with van der Waals surface area (Å²) < 4.78 is 27.4. The third kappa shape index (κ3) is 4.93. The van der Waals surface area contributed by atoms with Crippen molar-refractivity contribution >= 4 is 21.4 Å². The van der Waals surface area contributed by atoms with Crippen molar-refractivity contribution in [1.82, 2.24) is 0 Å². The SMILES string of the molecule is NS(=O)(=O)Cc1ccc(NCC2CCOCC2)c([N+](=O)[O-])c1. The van der Waals surface area contributed by atoms with E-state index >= 15 is 0 Å². The molecule has 1 aromatic rings. The molecule has 3 N–H and O–H groups in total. The molecule has 1 saturated heterocycles. The van der Waals surface area contributed by atoms with Gasteiger partial charge in [-0.15, -0.1) is 0 Å². The number of nitro groups is 1. The predicted molar refractivity (Wildman–Crippen MR) is 81.9 cm³/mol. The number of nitrogens with zero attached hydrogens (tertiary/aromatic N) is 1. The van der Waals surface area contributed by atoms with E-state index in [4.69, 9.17) is 9.88 Å². The Morgan fingerprint density at radius 2 is 2.05 bits per heavy atom. The molecule has 8 nitrogen and oxygen atoms in total. The van der Waals surface area contributed by atoms with E-state index < -0.39 is 20.7 Å². The van der Waals surface area contributed by atoms with Crippen LogP contribution in [0.25, 0.3) is 0 Å². The van der Waals surface area contributed by atoms with E-state index in [-0.39, 0.29) is 5.69 Å². The molecule has 1 aliphatic heterocycles. The van der Waals surface area contributed by atoms with E-state index in [1.165, 1.54) is 18.2 Å². The molecule has 0 atom stereocenters. The van der Waals surface area contributed by atoms with Crippen LogP contribution in [0, 0.1) is 16.0 Å². The molecule has 0 radical (unpaired) electrons.